The minimum atomic E-state index is 0.400. The van der Waals surface area contributed by atoms with E-state index in [2.05, 4.69) is 61.3 Å². The summed E-state index contributed by atoms with van der Waals surface area (Å²) in [5, 5.41) is 7.88. The van der Waals surface area contributed by atoms with Crippen molar-refractivity contribution in [3.63, 3.8) is 0 Å². The van der Waals surface area contributed by atoms with E-state index in [0.29, 0.717) is 6.04 Å². The van der Waals surface area contributed by atoms with Gasteiger partial charge in [-0.15, -0.1) is 11.3 Å². The molecule has 0 aliphatic carbocycles. The zero-order chi connectivity index (χ0) is 14.5. The van der Waals surface area contributed by atoms with Gasteiger partial charge in [0.1, 0.15) is 0 Å². The molecule has 0 saturated carbocycles. The van der Waals surface area contributed by atoms with Gasteiger partial charge in [-0.1, -0.05) is 6.92 Å². The standard InChI is InChI=1S/C14H19Br2N3S/c1-3-7-17-12(13-9-11(15)14(16)20-13)5-4-10-6-8-18-19(10)2/h6,8-9,12,17H,3-5,7H2,1-2H3. The molecule has 1 N–H and O–H groups in total. The highest BCUT2D eigenvalue weighted by Gasteiger charge is 2.16. The SMILES string of the molecule is CCCNC(CCc1ccnn1C)c1cc(Br)c(Br)s1. The third-order valence-corrected chi connectivity index (χ3v) is 6.63. The van der Waals surface area contributed by atoms with Crippen LogP contribution in [0.4, 0.5) is 0 Å². The van der Waals surface area contributed by atoms with Gasteiger partial charge in [-0.05, 0) is 69.8 Å². The number of thiophene rings is 1. The van der Waals surface area contributed by atoms with Crippen LogP contribution in [0.25, 0.3) is 0 Å². The van der Waals surface area contributed by atoms with Crippen LogP contribution in [0, 0.1) is 0 Å². The van der Waals surface area contributed by atoms with Gasteiger partial charge in [0, 0.05) is 34.3 Å². The molecule has 0 amide bonds. The highest BCUT2D eigenvalue weighted by Crippen LogP contribution is 2.36. The van der Waals surface area contributed by atoms with E-state index in [4.69, 9.17) is 0 Å². The van der Waals surface area contributed by atoms with Gasteiger partial charge in [0.15, 0.2) is 0 Å². The maximum absolute atomic E-state index is 4.23. The zero-order valence-electron chi connectivity index (χ0n) is 11.7. The van der Waals surface area contributed by atoms with E-state index in [-0.39, 0.29) is 0 Å². The minimum absolute atomic E-state index is 0.400. The molecule has 2 heterocycles. The van der Waals surface area contributed by atoms with Crippen molar-refractivity contribution in [3.05, 3.63) is 37.2 Å². The van der Waals surface area contributed by atoms with Crippen LogP contribution < -0.4 is 5.32 Å². The Morgan fingerprint density at radius 2 is 2.25 bits per heavy atom. The molecule has 2 aromatic heterocycles. The molecule has 20 heavy (non-hydrogen) atoms. The first-order valence-corrected chi connectivity index (χ1v) is 9.17. The third kappa shape index (κ3) is 4.16. The van der Waals surface area contributed by atoms with Gasteiger partial charge in [0.2, 0.25) is 0 Å². The summed E-state index contributed by atoms with van der Waals surface area (Å²) in [6, 6.07) is 4.71. The minimum Gasteiger partial charge on any atom is -0.309 e. The van der Waals surface area contributed by atoms with Crippen molar-refractivity contribution in [1.29, 1.82) is 0 Å². The van der Waals surface area contributed by atoms with Crippen LogP contribution in [-0.2, 0) is 13.5 Å². The number of nitrogens with one attached hydrogen (secondary N) is 1. The molecule has 0 saturated heterocycles. The van der Waals surface area contributed by atoms with Crippen molar-refractivity contribution in [1.82, 2.24) is 15.1 Å². The summed E-state index contributed by atoms with van der Waals surface area (Å²) in [5.41, 5.74) is 1.28. The molecular weight excluding hydrogens is 402 g/mol. The Bertz CT molecular complexity index is 531. The second-order valence-corrected chi connectivity index (χ2v) is 8.02. The molecule has 1 unspecified atom stereocenters. The molecule has 1 atom stereocenters. The predicted molar refractivity (Wildman–Crippen MR) is 92.3 cm³/mol. The lowest BCUT2D eigenvalue weighted by Gasteiger charge is -2.17. The fraction of sp³-hybridized carbons (Fsp3) is 0.500. The number of halogens is 2. The fourth-order valence-electron chi connectivity index (χ4n) is 2.14. The van der Waals surface area contributed by atoms with Gasteiger partial charge in [0.25, 0.3) is 0 Å². The van der Waals surface area contributed by atoms with E-state index >= 15 is 0 Å². The highest BCUT2D eigenvalue weighted by molar-refractivity contribution is 9.13. The van der Waals surface area contributed by atoms with E-state index in [0.717, 1.165) is 34.1 Å². The van der Waals surface area contributed by atoms with E-state index in [1.165, 1.54) is 10.6 Å². The van der Waals surface area contributed by atoms with E-state index in [1.54, 1.807) is 11.3 Å². The number of rotatable bonds is 7. The molecule has 0 spiro atoms. The predicted octanol–water partition coefficient (Wildman–Crippen LogP) is 4.68. The highest BCUT2D eigenvalue weighted by atomic mass is 79.9. The molecular formula is C14H19Br2N3S. The van der Waals surface area contributed by atoms with Gasteiger partial charge in [-0.2, -0.15) is 5.10 Å². The average molecular weight is 421 g/mol. The van der Waals surface area contributed by atoms with E-state index in [9.17, 15) is 0 Å². The van der Waals surface area contributed by atoms with Gasteiger partial charge < -0.3 is 5.32 Å². The lowest BCUT2D eigenvalue weighted by atomic mass is 10.1. The quantitative estimate of drug-likeness (QED) is 0.704. The Balaban J connectivity index is 2.05. The Morgan fingerprint density at radius 3 is 2.80 bits per heavy atom. The van der Waals surface area contributed by atoms with Gasteiger partial charge in [-0.25, -0.2) is 0 Å². The molecule has 3 nitrogen and oxygen atoms in total. The number of aryl methyl sites for hydroxylation is 2. The van der Waals surface area contributed by atoms with Crippen LogP contribution in [0.15, 0.2) is 26.6 Å². The average Bonchev–Trinajstić information content (AvgIpc) is 2.97. The van der Waals surface area contributed by atoms with Crippen LogP contribution in [0.3, 0.4) is 0 Å². The van der Waals surface area contributed by atoms with Gasteiger partial charge in [0.05, 0.1) is 3.79 Å². The Kier molecular flexibility index (Phi) is 6.26. The summed E-state index contributed by atoms with van der Waals surface area (Å²) in [4.78, 5) is 1.37. The molecule has 6 heteroatoms. The van der Waals surface area contributed by atoms with Crippen LogP contribution in [0.2, 0.25) is 0 Å². The zero-order valence-corrected chi connectivity index (χ0v) is 15.7. The Hall–Kier alpha value is -0.170. The second-order valence-electron chi connectivity index (χ2n) is 4.76. The summed E-state index contributed by atoms with van der Waals surface area (Å²) in [6.07, 6.45) is 5.13. The first-order valence-electron chi connectivity index (χ1n) is 6.76. The molecule has 2 rings (SSSR count). The monoisotopic (exact) mass is 419 g/mol. The molecule has 0 aliphatic rings. The second kappa shape index (κ2) is 7.73. The Morgan fingerprint density at radius 1 is 1.45 bits per heavy atom. The van der Waals surface area contributed by atoms with Gasteiger partial charge in [-0.3, -0.25) is 4.68 Å². The molecule has 2 aromatic rings. The van der Waals surface area contributed by atoms with Gasteiger partial charge >= 0.3 is 0 Å². The van der Waals surface area contributed by atoms with E-state index < -0.39 is 0 Å². The van der Waals surface area contributed by atoms with Crippen LogP contribution in [0.5, 0.6) is 0 Å². The van der Waals surface area contributed by atoms with Crippen molar-refractivity contribution in [2.45, 2.75) is 32.2 Å². The molecule has 0 aliphatic heterocycles. The topological polar surface area (TPSA) is 29.9 Å². The summed E-state index contributed by atoms with van der Waals surface area (Å²) >= 11 is 8.96. The summed E-state index contributed by atoms with van der Waals surface area (Å²) < 4.78 is 4.26. The molecule has 0 aromatic carbocycles. The first-order chi connectivity index (χ1) is 9.61. The van der Waals surface area contributed by atoms with Crippen molar-refractivity contribution in [3.8, 4) is 0 Å². The lowest BCUT2D eigenvalue weighted by Crippen LogP contribution is -2.22. The Labute approximate surface area is 141 Å². The van der Waals surface area contributed by atoms with Crippen LogP contribution in [-0.4, -0.2) is 16.3 Å². The maximum atomic E-state index is 4.23. The maximum Gasteiger partial charge on any atom is 0.0843 e. The van der Waals surface area contributed by atoms with E-state index in [1.807, 2.05) is 17.9 Å². The smallest absolute Gasteiger partial charge is 0.0843 e. The van der Waals surface area contributed by atoms with Crippen molar-refractivity contribution < 1.29 is 0 Å². The van der Waals surface area contributed by atoms with Crippen molar-refractivity contribution >= 4 is 43.2 Å². The summed E-state index contributed by atoms with van der Waals surface area (Å²) in [6.45, 7) is 3.24. The summed E-state index contributed by atoms with van der Waals surface area (Å²) in [5.74, 6) is 0. The number of hydrogen-bond acceptors (Lipinski definition) is 3. The largest absolute Gasteiger partial charge is 0.309 e. The molecule has 0 fully saturated rings. The molecule has 0 radical (unpaired) electrons. The lowest BCUT2D eigenvalue weighted by molar-refractivity contribution is 0.498. The normalized spacial score (nSPS) is 12.8. The fourth-order valence-corrected chi connectivity index (χ4v) is 4.34. The first kappa shape index (κ1) is 16.2. The van der Waals surface area contributed by atoms with Crippen LogP contribution in [0.1, 0.15) is 36.4 Å². The van der Waals surface area contributed by atoms with Crippen molar-refractivity contribution in [2.75, 3.05) is 6.54 Å². The summed E-state index contributed by atoms with van der Waals surface area (Å²) in [7, 11) is 2.00. The van der Waals surface area contributed by atoms with Crippen LogP contribution >= 0.6 is 43.2 Å². The number of aromatic nitrogens is 2. The third-order valence-electron chi connectivity index (χ3n) is 3.26. The number of hydrogen-bond donors (Lipinski definition) is 1. The number of nitrogens with zero attached hydrogens (tertiary/aromatic N) is 2. The molecule has 110 valence electrons. The molecule has 0 bridgehead atoms. The van der Waals surface area contributed by atoms with Crippen molar-refractivity contribution in [2.24, 2.45) is 7.05 Å².